The van der Waals surface area contributed by atoms with Crippen LogP contribution < -0.4 is 19.9 Å². The van der Waals surface area contributed by atoms with E-state index in [-0.39, 0.29) is 18.4 Å². The molecule has 1 fully saturated rings. The van der Waals surface area contributed by atoms with Crippen molar-refractivity contribution in [2.75, 3.05) is 42.4 Å². The van der Waals surface area contributed by atoms with Crippen LogP contribution in [-0.4, -0.2) is 45.2 Å². The highest BCUT2D eigenvalue weighted by molar-refractivity contribution is 5.95. The number of carbonyl (C=O) groups is 3. The summed E-state index contributed by atoms with van der Waals surface area (Å²) in [6.45, 7) is 0.585. The minimum absolute atomic E-state index is 0.127. The first-order valence-corrected chi connectivity index (χ1v) is 9.23. The lowest BCUT2D eigenvalue weighted by atomic mass is 10.2. The molecular formula is C21H23N3O5. The van der Waals surface area contributed by atoms with E-state index in [1.54, 1.807) is 48.3 Å². The number of benzene rings is 2. The predicted molar refractivity (Wildman–Crippen MR) is 109 cm³/mol. The molecule has 1 heterocycles. The first-order chi connectivity index (χ1) is 14.0. The van der Waals surface area contributed by atoms with Crippen LogP contribution in [0.4, 0.5) is 21.9 Å². The lowest BCUT2D eigenvalue weighted by Gasteiger charge is -2.16. The molecule has 1 aliphatic heterocycles. The van der Waals surface area contributed by atoms with Crippen LogP contribution in [0.2, 0.25) is 0 Å². The van der Waals surface area contributed by atoms with Gasteiger partial charge in [0.05, 0.1) is 7.11 Å². The van der Waals surface area contributed by atoms with E-state index in [1.165, 1.54) is 12.0 Å². The van der Waals surface area contributed by atoms with Gasteiger partial charge in [-0.25, -0.2) is 4.79 Å². The quantitative estimate of drug-likeness (QED) is 0.809. The van der Waals surface area contributed by atoms with Crippen LogP contribution in [0.1, 0.15) is 12.8 Å². The molecule has 2 aromatic rings. The van der Waals surface area contributed by atoms with Crippen molar-refractivity contribution < 1.29 is 23.9 Å². The number of anilines is 3. The standard InChI is InChI=1S/C21H23N3O5/c1-23(21(27)28-2)16-7-5-15(6-8-16)22-19(25)14-29-18-11-9-17(10-12-18)24-13-3-4-20(24)26/h5-12H,3-4,13-14H2,1-2H3,(H,22,25). The third-order valence-corrected chi connectivity index (χ3v) is 4.58. The van der Waals surface area contributed by atoms with Crippen LogP contribution in [0.25, 0.3) is 0 Å². The molecule has 2 aromatic carbocycles. The summed E-state index contributed by atoms with van der Waals surface area (Å²) in [5, 5.41) is 2.73. The van der Waals surface area contributed by atoms with Crippen LogP contribution in [0.5, 0.6) is 5.75 Å². The summed E-state index contributed by atoms with van der Waals surface area (Å²) in [5.74, 6) is 0.366. The van der Waals surface area contributed by atoms with E-state index in [0.717, 1.165) is 18.7 Å². The lowest BCUT2D eigenvalue weighted by molar-refractivity contribution is -0.118. The molecule has 152 valence electrons. The van der Waals surface area contributed by atoms with Gasteiger partial charge in [0, 0.05) is 37.1 Å². The fraction of sp³-hybridized carbons (Fsp3) is 0.286. The molecule has 8 nitrogen and oxygen atoms in total. The summed E-state index contributed by atoms with van der Waals surface area (Å²) in [7, 11) is 2.91. The minimum atomic E-state index is -0.477. The molecule has 8 heteroatoms. The number of nitrogens with zero attached hydrogens (tertiary/aromatic N) is 2. The fourth-order valence-corrected chi connectivity index (χ4v) is 3.00. The molecule has 3 amide bonds. The summed E-state index contributed by atoms with van der Waals surface area (Å²) < 4.78 is 10.2. The first kappa shape index (κ1) is 20.2. The Morgan fingerprint density at radius 3 is 2.38 bits per heavy atom. The second kappa shape index (κ2) is 9.09. The maximum absolute atomic E-state index is 12.1. The predicted octanol–water partition coefficient (Wildman–Crippen LogP) is 3.03. The Hall–Kier alpha value is -3.55. The molecule has 0 aliphatic carbocycles. The van der Waals surface area contributed by atoms with E-state index in [9.17, 15) is 14.4 Å². The minimum Gasteiger partial charge on any atom is -0.484 e. The highest BCUT2D eigenvalue weighted by atomic mass is 16.5. The number of hydrogen-bond acceptors (Lipinski definition) is 5. The molecule has 0 atom stereocenters. The van der Waals surface area contributed by atoms with Crippen LogP contribution in [0.3, 0.4) is 0 Å². The average molecular weight is 397 g/mol. The largest absolute Gasteiger partial charge is 0.484 e. The maximum atomic E-state index is 12.1. The van der Waals surface area contributed by atoms with Crippen LogP contribution in [-0.2, 0) is 14.3 Å². The van der Waals surface area contributed by atoms with Crippen molar-refractivity contribution in [2.45, 2.75) is 12.8 Å². The Bertz CT molecular complexity index is 880. The lowest BCUT2D eigenvalue weighted by Crippen LogP contribution is -2.25. The second-order valence-electron chi connectivity index (χ2n) is 6.56. The number of amides is 3. The van der Waals surface area contributed by atoms with E-state index in [1.807, 2.05) is 12.1 Å². The van der Waals surface area contributed by atoms with E-state index in [0.29, 0.717) is 23.5 Å². The van der Waals surface area contributed by atoms with Gasteiger partial charge in [0.2, 0.25) is 5.91 Å². The molecule has 1 N–H and O–H groups in total. The van der Waals surface area contributed by atoms with Crippen molar-refractivity contribution in [3.05, 3.63) is 48.5 Å². The molecule has 0 bridgehead atoms. The Morgan fingerprint density at radius 2 is 1.79 bits per heavy atom. The number of hydrogen-bond donors (Lipinski definition) is 1. The zero-order valence-electron chi connectivity index (χ0n) is 16.4. The molecule has 0 unspecified atom stereocenters. The van der Waals surface area contributed by atoms with Gasteiger partial charge in [-0.1, -0.05) is 0 Å². The Labute approximate surface area is 169 Å². The van der Waals surface area contributed by atoms with Crippen molar-refractivity contribution in [3.63, 3.8) is 0 Å². The van der Waals surface area contributed by atoms with Crippen LogP contribution in [0, 0.1) is 0 Å². The summed E-state index contributed by atoms with van der Waals surface area (Å²) in [6, 6.07) is 13.9. The number of carbonyl (C=O) groups excluding carboxylic acids is 3. The molecule has 29 heavy (non-hydrogen) atoms. The van der Waals surface area contributed by atoms with E-state index < -0.39 is 6.09 Å². The molecule has 0 aromatic heterocycles. The number of methoxy groups -OCH3 is 1. The van der Waals surface area contributed by atoms with Gasteiger partial charge in [0.25, 0.3) is 5.91 Å². The molecule has 0 spiro atoms. The highest BCUT2D eigenvalue weighted by Crippen LogP contribution is 2.24. The zero-order chi connectivity index (χ0) is 20.8. The average Bonchev–Trinajstić information content (AvgIpc) is 3.18. The summed E-state index contributed by atoms with van der Waals surface area (Å²) in [4.78, 5) is 38.5. The summed E-state index contributed by atoms with van der Waals surface area (Å²) in [6.07, 6.45) is 0.977. The summed E-state index contributed by atoms with van der Waals surface area (Å²) >= 11 is 0. The van der Waals surface area contributed by atoms with Crippen LogP contribution >= 0.6 is 0 Å². The van der Waals surface area contributed by atoms with E-state index >= 15 is 0 Å². The third kappa shape index (κ3) is 5.04. The second-order valence-corrected chi connectivity index (χ2v) is 6.56. The van der Waals surface area contributed by atoms with E-state index in [4.69, 9.17) is 4.74 Å². The van der Waals surface area contributed by atoms with Crippen LogP contribution in [0.15, 0.2) is 48.5 Å². The number of ether oxygens (including phenoxy) is 2. The summed E-state index contributed by atoms with van der Waals surface area (Å²) in [5.41, 5.74) is 2.06. The number of nitrogens with one attached hydrogen (secondary N) is 1. The van der Waals surface area contributed by atoms with Gasteiger partial charge in [-0.05, 0) is 55.0 Å². The van der Waals surface area contributed by atoms with Crippen molar-refractivity contribution in [3.8, 4) is 5.75 Å². The number of rotatable bonds is 6. The highest BCUT2D eigenvalue weighted by Gasteiger charge is 2.21. The topological polar surface area (TPSA) is 88.2 Å². The maximum Gasteiger partial charge on any atom is 0.413 e. The molecular weight excluding hydrogens is 374 g/mol. The molecule has 1 aliphatic rings. The Kier molecular flexibility index (Phi) is 6.33. The van der Waals surface area contributed by atoms with Gasteiger partial charge >= 0.3 is 6.09 Å². The fourth-order valence-electron chi connectivity index (χ4n) is 3.00. The SMILES string of the molecule is COC(=O)N(C)c1ccc(NC(=O)COc2ccc(N3CCCC3=O)cc2)cc1. The van der Waals surface area contributed by atoms with Crippen molar-refractivity contribution >= 4 is 35.0 Å². The smallest absolute Gasteiger partial charge is 0.413 e. The first-order valence-electron chi connectivity index (χ1n) is 9.23. The third-order valence-electron chi connectivity index (χ3n) is 4.58. The monoisotopic (exact) mass is 397 g/mol. The van der Waals surface area contributed by atoms with Crippen molar-refractivity contribution in [2.24, 2.45) is 0 Å². The molecule has 0 radical (unpaired) electrons. The molecule has 1 saturated heterocycles. The zero-order valence-corrected chi connectivity index (χ0v) is 16.4. The Morgan fingerprint density at radius 1 is 1.10 bits per heavy atom. The van der Waals surface area contributed by atoms with Gasteiger partial charge in [-0.3, -0.25) is 14.5 Å². The van der Waals surface area contributed by atoms with E-state index in [2.05, 4.69) is 10.1 Å². The Balaban J connectivity index is 1.49. The van der Waals surface area contributed by atoms with Gasteiger partial charge in [-0.15, -0.1) is 0 Å². The molecule has 0 saturated carbocycles. The van der Waals surface area contributed by atoms with Gasteiger partial charge < -0.3 is 19.7 Å². The van der Waals surface area contributed by atoms with Gasteiger partial charge in [0.1, 0.15) is 5.75 Å². The normalized spacial score (nSPS) is 13.2. The van der Waals surface area contributed by atoms with Crippen molar-refractivity contribution in [1.29, 1.82) is 0 Å². The van der Waals surface area contributed by atoms with Gasteiger partial charge in [0.15, 0.2) is 6.61 Å². The molecule has 3 rings (SSSR count). The van der Waals surface area contributed by atoms with Crippen molar-refractivity contribution in [1.82, 2.24) is 0 Å². The van der Waals surface area contributed by atoms with Gasteiger partial charge in [-0.2, -0.15) is 0 Å².